The Labute approximate surface area is 321 Å². The summed E-state index contributed by atoms with van der Waals surface area (Å²) in [5.41, 5.74) is 4.92. The second kappa shape index (κ2) is 13.4. The number of amides is 4. The van der Waals surface area contributed by atoms with Gasteiger partial charge >= 0.3 is 0 Å². The first-order valence-electron chi connectivity index (χ1n) is 17.4. The zero-order valence-corrected chi connectivity index (χ0v) is 30.8. The van der Waals surface area contributed by atoms with E-state index in [0.717, 1.165) is 16.1 Å². The highest BCUT2D eigenvalue weighted by atomic mass is 35.5. The van der Waals surface area contributed by atoms with Gasteiger partial charge in [-0.1, -0.05) is 77.8 Å². The van der Waals surface area contributed by atoms with Crippen LogP contribution in [0, 0.1) is 23.7 Å². The minimum absolute atomic E-state index is 0.101. The second-order valence-electron chi connectivity index (χ2n) is 14.0. The molecule has 3 fully saturated rings. The number of nitrogens with one attached hydrogen (secondary N) is 1. The number of imide groups is 2. The van der Waals surface area contributed by atoms with Gasteiger partial charge in [-0.3, -0.25) is 29.5 Å². The normalized spacial score (nSPS) is 25.9. The van der Waals surface area contributed by atoms with Crippen molar-refractivity contribution in [1.29, 1.82) is 0 Å². The molecule has 4 aromatic rings. The molecule has 2 heterocycles. The number of ether oxygens (including phenoxy) is 2. The molecule has 0 spiro atoms. The molecular formula is C42H35Cl2N3O7. The molecule has 0 bridgehead atoms. The first-order valence-corrected chi connectivity index (χ1v) is 18.2. The Morgan fingerprint density at radius 2 is 1.61 bits per heavy atom. The number of nitrogens with zero attached hydrogens (tertiary/aromatic N) is 2. The van der Waals surface area contributed by atoms with E-state index < -0.39 is 46.8 Å². The molecule has 6 unspecified atom stereocenters. The third kappa shape index (κ3) is 5.22. The molecule has 2 aliphatic heterocycles. The highest BCUT2D eigenvalue weighted by Crippen LogP contribution is 2.64. The third-order valence-electron chi connectivity index (χ3n) is 11.5. The number of aromatic hydroxyl groups is 1. The van der Waals surface area contributed by atoms with Gasteiger partial charge in [-0.05, 0) is 90.0 Å². The highest BCUT2D eigenvalue weighted by Gasteiger charge is 2.70. The molecule has 12 heteroatoms. The molecule has 274 valence electrons. The lowest BCUT2D eigenvalue weighted by atomic mass is 9.49. The van der Waals surface area contributed by atoms with Crippen LogP contribution in [0.3, 0.4) is 0 Å². The zero-order valence-electron chi connectivity index (χ0n) is 29.3. The predicted molar refractivity (Wildman–Crippen MR) is 204 cm³/mol. The van der Waals surface area contributed by atoms with Crippen LogP contribution in [-0.2, 0) is 24.6 Å². The van der Waals surface area contributed by atoms with Crippen molar-refractivity contribution in [3.63, 3.8) is 0 Å². The Hall–Kier alpha value is -5.58. The first-order chi connectivity index (χ1) is 26.0. The maximum absolute atomic E-state index is 15.4. The SMILES string of the molecule is C=Cc1ccc(N2C(=O)C3CC=C4C(CC5C(=O)N(Nc6ccc(Cl)cc6Cl)C(=O)C5(c5ccc(OC)cc5)C4c4ccc(O)c(OC)c4)C3C2=O)cc1. The van der Waals surface area contributed by atoms with Crippen molar-refractivity contribution in [1.82, 2.24) is 5.01 Å². The number of halogens is 2. The molecule has 4 aliphatic rings. The van der Waals surface area contributed by atoms with Gasteiger partial charge in [-0.25, -0.2) is 0 Å². The average molecular weight is 765 g/mol. The van der Waals surface area contributed by atoms with Crippen molar-refractivity contribution >= 4 is 64.3 Å². The van der Waals surface area contributed by atoms with Gasteiger partial charge in [0, 0.05) is 10.9 Å². The number of hydrazine groups is 1. The summed E-state index contributed by atoms with van der Waals surface area (Å²) in [7, 11) is 2.97. The number of rotatable bonds is 8. The van der Waals surface area contributed by atoms with Gasteiger partial charge in [-0.2, -0.15) is 5.01 Å². The molecule has 1 saturated carbocycles. The number of carbonyl (C=O) groups is 4. The molecule has 4 aromatic carbocycles. The summed E-state index contributed by atoms with van der Waals surface area (Å²) in [5.74, 6) is -4.99. The van der Waals surface area contributed by atoms with Crippen LogP contribution in [0.25, 0.3) is 6.08 Å². The molecular weight excluding hydrogens is 729 g/mol. The van der Waals surface area contributed by atoms with Crippen molar-refractivity contribution in [3.05, 3.63) is 130 Å². The quantitative estimate of drug-likeness (QED) is 0.139. The zero-order chi connectivity index (χ0) is 38.1. The van der Waals surface area contributed by atoms with Crippen LogP contribution in [0.15, 0.2) is 103 Å². The Morgan fingerprint density at radius 3 is 2.28 bits per heavy atom. The number of allylic oxidation sites excluding steroid dienone is 2. The molecule has 4 amide bonds. The van der Waals surface area contributed by atoms with E-state index in [0.29, 0.717) is 33.3 Å². The Balaban J connectivity index is 1.33. The van der Waals surface area contributed by atoms with Gasteiger partial charge in [0.1, 0.15) is 5.75 Å². The fourth-order valence-corrected chi connectivity index (χ4v) is 9.56. The Morgan fingerprint density at radius 1 is 0.870 bits per heavy atom. The maximum Gasteiger partial charge on any atom is 0.260 e. The highest BCUT2D eigenvalue weighted by molar-refractivity contribution is 6.36. The predicted octanol–water partition coefficient (Wildman–Crippen LogP) is 7.55. The van der Waals surface area contributed by atoms with Crippen molar-refractivity contribution in [3.8, 4) is 17.2 Å². The van der Waals surface area contributed by atoms with Crippen LogP contribution < -0.4 is 19.8 Å². The van der Waals surface area contributed by atoms with E-state index in [1.807, 2.05) is 6.08 Å². The molecule has 54 heavy (non-hydrogen) atoms. The number of fused-ring (bicyclic) bond motifs is 4. The molecule has 2 aliphatic carbocycles. The molecule has 6 atom stereocenters. The van der Waals surface area contributed by atoms with Crippen molar-refractivity contribution in [2.75, 3.05) is 24.5 Å². The molecule has 2 saturated heterocycles. The van der Waals surface area contributed by atoms with Crippen molar-refractivity contribution < 1.29 is 33.8 Å². The Kier molecular flexibility index (Phi) is 8.78. The van der Waals surface area contributed by atoms with Crippen LogP contribution in [-0.4, -0.2) is 48.0 Å². The van der Waals surface area contributed by atoms with E-state index in [-0.39, 0.29) is 41.2 Å². The third-order valence-corrected chi connectivity index (χ3v) is 12.1. The average Bonchev–Trinajstić information content (AvgIpc) is 3.56. The maximum atomic E-state index is 15.4. The van der Waals surface area contributed by atoms with Crippen molar-refractivity contribution in [2.45, 2.75) is 24.2 Å². The van der Waals surface area contributed by atoms with Gasteiger partial charge in [0.2, 0.25) is 11.8 Å². The topological polar surface area (TPSA) is 125 Å². The van der Waals surface area contributed by atoms with Gasteiger partial charge in [0.05, 0.1) is 53.8 Å². The van der Waals surface area contributed by atoms with E-state index in [4.69, 9.17) is 32.7 Å². The minimum atomic E-state index is -1.56. The van der Waals surface area contributed by atoms with Crippen molar-refractivity contribution in [2.24, 2.45) is 23.7 Å². The number of hydrogen-bond donors (Lipinski definition) is 2. The summed E-state index contributed by atoms with van der Waals surface area (Å²) in [4.78, 5) is 60.3. The number of phenols is 1. The van der Waals surface area contributed by atoms with Gasteiger partial charge in [-0.15, -0.1) is 0 Å². The summed E-state index contributed by atoms with van der Waals surface area (Å²) in [6.07, 6.45) is 4.00. The summed E-state index contributed by atoms with van der Waals surface area (Å²) < 4.78 is 11.0. The summed E-state index contributed by atoms with van der Waals surface area (Å²) in [6.45, 7) is 3.80. The number of hydrogen-bond acceptors (Lipinski definition) is 8. The van der Waals surface area contributed by atoms with E-state index in [9.17, 15) is 19.5 Å². The second-order valence-corrected chi connectivity index (χ2v) is 14.8. The van der Waals surface area contributed by atoms with E-state index in [1.54, 1.807) is 86.0 Å². The van der Waals surface area contributed by atoms with Crippen LogP contribution >= 0.6 is 23.2 Å². The minimum Gasteiger partial charge on any atom is -0.504 e. The molecule has 0 aromatic heterocycles. The van der Waals surface area contributed by atoms with E-state index in [2.05, 4.69) is 12.0 Å². The van der Waals surface area contributed by atoms with E-state index in [1.165, 1.54) is 24.1 Å². The van der Waals surface area contributed by atoms with Gasteiger partial charge in [0.15, 0.2) is 11.5 Å². The van der Waals surface area contributed by atoms with Crippen LogP contribution in [0.5, 0.6) is 17.2 Å². The largest absolute Gasteiger partial charge is 0.504 e. The molecule has 8 rings (SSSR count). The van der Waals surface area contributed by atoms with Crippen LogP contribution in [0.1, 0.15) is 35.4 Å². The Bertz CT molecular complexity index is 2270. The first kappa shape index (κ1) is 35.4. The number of anilines is 2. The molecule has 2 N–H and O–H groups in total. The summed E-state index contributed by atoms with van der Waals surface area (Å²) in [5, 5.41) is 12.3. The van der Waals surface area contributed by atoms with Gasteiger partial charge in [0.25, 0.3) is 11.8 Å². The van der Waals surface area contributed by atoms with Crippen LogP contribution in [0.2, 0.25) is 10.0 Å². The summed E-state index contributed by atoms with van der Waals surface area (Å²) in [6, 6.07) is 23.6. The van der Waals surface area contributed by atoms with Crippen LogP contribution in [0.4, 0.5) is 11.4 Å². The standard InChI is InChI=1S/C42H35Cl2N3O7/c1-4-22-5-11-26(12-6-22)46-38(49)29-16-15-28-30(36(29)40(46)51)21-31-39(50)47(45-33-17-10-25(43)20-32(33)44)41(52)42(31,24-8-13-27(53-2)14-9-24)37(28)23-7-18-34(48)35(19-23)54-3/h4-15,17-20,29-31,36-37,45,48H,1,16,21H2,2-3H3. The number of carbonyl (C=O) groups excluding carboxylic acids is 4. The molecule has 0 radical (unpaired) electrons. The lowest BCUT2D eigenvalue weighted by molar-refractivity contribution is -0.138. The monoisotopic (exact) mass is 763 g/mol. The van der Waals surface area contributed by atoms with E-state index >= 15 is 4.79 Å². The fourth-order valence-electron chi connectivity index (χ4n) is 9.11. The lowest BCUT2D eigenvalue weighted by Gasteiger charge is -2.50. The summed E-state index contributed by atoms with van der Waals surface area (Å²) >= 11 is 12.7. The number of benzene rings is 4. The number of phenolic OH excluding ortho intramolecular Hbond substituents is 1. The molecule has 10 nitrogen and oxygen atoms in total. The fraction of sp³-hybridized carbons (Fsp3) is 0.238. The smallest absolute Gasteiger partial charge is 0.260 e. The lowest BCUT2D eigenvalue weighted by Crippen LogP contribution is -2.53. The van der Waals surface area contributed by atoms with Gasteiger partial charge < -0.3 is 14.6 Å². The number of methoxy groups -OCH3 is 2.